The lowest BCUT2D eigenvalue weighted by atomic mass is 9.99. The van der Waals surface area contributed by atoms with Crippen LogP contribution in [0.5, 0.6) is 0 Å². The number of hydrogen-bond donors (Lipinski definition) is 1. The lowest BCUT2D eigenvalue weighted by Crippen LogP contribution is -2.08. The number of carbonyl (C=O) groups excluding carboxylic acids is 2. The minimum absolute atomic E-state index is 0.0527. The minimum atomic E-state index is -0.923. The standard InChI is InChI=1S/C12H9ClO4/c1-6(14)9-10(15)12(16)17-11(9)7-4-2-3-5-8(7)13/h2-5,11,15H,1H3. The quantitative estimate of drug-likeness (QED) is 0.821. The van der Waals surface area contributed by atoms with Crippen LogP contribution in [0.2, 0.25) is 5.02 Å². The summed E-state index contributed by atoms with van der Waals surface area (Å²) in [5.41, 5.74) is 0.430. The molecule has 1 N–H and O–H groups in total. The van der Waals surface area contributed by atoms with Crippen molar-refractivity contribution in [1.29, 1.82) is 0 Å². The largest absolute Gasteiger partial charge is 0.501 e. The van der Waals surface area contributed by atoms with Crippen molar-refractivity contribution >= 4 is 23.4 Å². The molecule has 1 heterocycles. The van der Waals surface area contributed by atoms with Crippen LogP contribution >= 0.6 is 11.6 Å². The summed E-state index contributed by atoms with van der Waals surface area (Å²) in [7, 11) is 0. The average molecular weight is 253 g/mol. The Morgan fingerprint density at radius 2 is 2.06 bits per heavy atom. The highest BCUT2D eigenvalue weighted by molar-refractivity contribution is 6.31. The van der Waals surface area contributed by atoms with E-state index in [1.54, 1.807) is 24.3 Å². The fourth-order valence-corrected chi connectivity index (χ4v) is 1.95. The van der Waals surface area contributed by atoms with Crippen LogP contribution in [0.25, 0.3) is 0 Å². The lowest BCUT2D eigenvalue weighted by Gasteiger charge is -2.13. The molecule has 0 bridgehead atoms. The number of aliphatic hydroxyl groups excluding tert-OH is 1. The van der Waals surface area contributed by atoms with Gasteiger partial charge in [-0.25, -0.2) is 4.79 Å². The van der Waals surface area contributed by atoms with Gasteiger partial charge >= 0.3 is 5.97 Å². The van der Waals surface area contributed by atoms with E-state index in [-0.39, 0.29) is 5.57 Å². The normalized spacial score (nSPS) is 19.4. The molecule has 1 unspecified atom stereocenters. The number of rotatable bonds is 2. The Morgan fingerprint density at radius 3 is 2.65 bits per heavy atom. The number of carbonyl (C=O) groups is 2. The number of cyclic esters (lactones) is 1. The van der Waals surface area contributed by atoms with Crippen LogP contribution in [-0.4, -0.2) is 16.9 Å². The first kappa shape index (κ1) is 11.7. The number of benzene rings is 1. The summed E-state index contributed by atoms with van der Waals surface area (Å²) in [4.78, 5) is 22.7. The molecule has 0 aliphatic carbocycles. The van der Waals surface area contributed by atoms with E-state index in [0.29, 0.717) is 10.6 Å². The summed E-state index contributed by atoms with van der Waals surface area (Å²) in [5.74, 6) is -1.96. The van der Waals surface area contributed by atoms with Gasteiger partial charge in [-0.3, -0.25) is 4.79 Å². The van der Waals surface area contributed by atoms with Gasteiger partial charge < -0.3 is 9.84 Å². The Hall–Kier alpha value is -1.81. The molecular weight excluding hydrogens is 244 g/mol. The molecule has 88 valence electrons. The van der Waals surface area contributed by atoms with E-state index in [1.165, 1.54) is 6.92 Å². The zero-order valence-electron chi connectivity index (χ0n) is 8.94. The van der Waals surface area contributed by atoms with Crippen molar-refractivity contribution in [3.05, 3.63) is 46.2 Å². The van der Waals surface area contributed by atoms with Crippen molar-refractivity contribution < 1.29 is 19.4 Å². The van der Waals surface area contributed by atoms with E-state index in [2.05, 4.69) is 0 Å². The number of ketones is 1. The van der Waals surface area contributed by atoms with Crippen molar-refractivity contribution in [1.82, 2.24) is 0 Å². The summed E-state index contributed by atoms with van der Waals surface area (Å²) in [5, 5.41) is 9.87. The highest BCUT2D eigenvalue weighted by atomic mass is 35.5. The van der Waals surface area contributed by atoms with Crippen LogP contribution < -0.4 is 0 Å². The monoisotopic (exact) mass is 252 g/mol. The van der Waals surface area contributed by atoms with E-state index in [9.17, 15) is 14.7 Å². The first-order valence-corrected chi connectivity index (χ1v) is 5.29. The molecule has 1 atom stereocenters. The van der Waals surface area contributed by atoms with Gasteiger partial charge in [-0.15, -0.1) is 0 Å². The number of ether oxygens (including phenoxy) is 1. The highest BCUT2D eigenvalue weighted by Gasteiger charge is 2.38. The lowest BCUT2D eigenvalue weighted by molar-refractivity contribution is -0.142. The van der Waals surface area contributed by atoms with E-state index >= 15 is 0 Å². The molecule has 0 aromatic heterocycles. The van der Waals surface area contributed by atoms with Crippen LogP contribution in [0.3, 0.4) is 0 Å². The van der Waals surface area contributed by atoms with E-state index < -0.39 is 23.6 Å². The Morgan fingerprint density at radius 1 is 1.41 bits per heavy atom. The molecule has 0 saturated carbocycles. The van der Waals surface area contributed by atoms with E-state index in [4.69, 9.17) is 16.3 Å². The van der Waals surface area contributed by atoms with Gasteiger partial charge in [0.1, 0.15) is 0 Å². The maximum Gasteiger partial charge on any atom is 0.374 e. The van der Waals surface area contributed by atoms with E-state index in [0.717, 1.165) is 0 Å². The van der Waals surface area contributed by atoms with Gasteiger partial charge in [0, 0.05) is 10.6 Å². The highest BCUT2D eigenvalue weighted by Crippen LogP contribution is 2.37. The predicted molar refractivity (Wildman–Crippen MR) is 60.6 cm³/mol. The molecule has 1 aromatic carbocycles. The second kappa shape index (κ2) is 4.22. The molecule has 0 fully saturated rings. The van der Waals surface area contributed by atoms with Crippen LogP contribution in [-0.2, 0) is 14.3 Å². The van der Waals surface area contributed by atoms with Crippen molar-refractivity contribution in [2.24, 2.45) is 0 Å². The molecule has 5 heteroatoms. The van der Waals surface area contributed by atoms with Crippen molar-refractivity contribution in [2.75, 3.05) is 0 Å². The molecule has 2 rings (SSSR count). The Balaban J connectivity index is 2.52. The SMILES string of the molecule is CC(=O)C1=C(O)C(=O)OC1c1ccccc1Cl. The number of esters is 1. The first-order chi connectivity index (χ1) is 8.02. The van der Waals surface area contributed by atoms with Crippen molar-refractivity contribution in [2.45, 2.75) is 13.0 Å². The number of aliphatic hydroxyl groups is 1. The van der Waals surface area contributed by atoms with Crippen LogP contribution in [0.1, 0.15) is 18.6 Å². The fourth-order valence-electron chi connectivity index (χ4n) is 1.71. The van der Waals surface area contributed by atoms with Crippen molar-refractivity contribution in [3.8, 4) is 0 Å². The summed E-state index contributed by atoms with van der Waals surface area (Å²) in [6, 6.07) is 6.70. The molecule has 0 saturated heterocycles. The van der Waals surface area contributed by atoms with Crippen LogP contribution in [0.4, 0.5) is 0 Å². The molecule has 1 aromatic rings. The molecule has 4 nitrogen and oxygen atoms in total. The van der Waals surface area contributed by atoms with Gasteiger partial charge in [0.25, 0.3) is 0 Å². The Bertz CT molecular complexity index is 533. The summed E-state index contributed by atoms with van der Waals surface area (Å²) in [6.07, 6.45) is -0.923. The van der Waals surface area contributed by atoms with Gasteiger partial charge in [-0.2, -0.15) is 0 Å². The minimum Gasteiger partial charge on any atom is -0.501 e. The zero-order valence-corrected chi connectivity index (χ0v) is 9.69. The molecule has 0 amide bonds. The van der Waals surface area contributed by atoms with Crippen LogP contribution in [0, 0.1) is 0 Å². The van der Waals surface area contributed by atoms with Gasteiger partial charge in [0.05, 0.1) is 5.57 Å². The maximum absolute atomic E-state index is 11.4. The number of hydrogen-bond acceptors (Lipinski definition) is 4. The molecule has 1 aliphatic rings. The Kier molecular flexibility index (Phi) is 2.90. The maximum atomic E-state index is 11.4. The number of halogens is 1. The topological polar surface area (TPSA) is 63.6 Å². The average Bonchev–Trinajstić information content (AvgIpc) is 2.56. The summed E-state index contributed by atoms with van der Waals surface area (Å²) < 4.78 is 4.95. The second-order valence-electron chi connectivity index (χ2n) is 3.63. The molecule has 0 radical (unpaired) electrons. The zero-order chi connectivity index (χ0) is 12.6. The smallest absolute Gasteiger partial charge is 0.374 e. The fraction of sp³-hybridized carbons (Fsp3) is 0.167. The van der Waals surface area contributed by atoms with Crippen LogP contribution in [0.15, 0.2) is 35.6 Å². The van der Waals surface area contributed by atoms with Crippen molar-refractivity contribution in [3.63, 3.8) is 0 Å². The summed E-state index contributed by atoms with van der Waals surface area (Å²) >= 11 is 5.96. The van der Waals surface area contributed by atoms with E-state index in [1.807, 2.05) is 0 Å². The third-order valence-corrected chi connectivity index (χ3v) is 2.85. The molecule has 1 aliphatic heterocycles. The third kappa shape index (κ3) is 1.91. The Labute approximate surface area is 102 Å². The van der Waals surface area contributed by atoms with Gasteiger partial charge in [0.15, 0.2) is 11.9 Å². The number of Topliss-reactive ketones (excluding diaryl/α,β-unsaturated/α-hetero) is 1. The van der Waals surface area contributed by atoms with Gasteiger partial charge in [0.2, 0.25) is 5.76 Å². The molecular formula is C12H9ClO4. The third-order valence-electron chi connectivity index (χ3n) is 2.50. The van der Waals surface area contributed by atoms with Gasteiger partial charge in [-0.1, -0.05) is 29.8 Å². The first-order valence-electron chi connectivity index (χ1n) is 4.92. The molecule has 17 heavy (non-hydrogen) atoms. The summed E-state index contributed by atoms with van der Waals surface area (Å²) in [6.45, 7) is 1.26. The van der Waals surface area contributed by atoms with Gasteiger partial charge in [-0.05, 0) is 13.0 Å². The molecule has 0 spiro atoms. The second-order valence-corrected chi connectivity index (χ2v) is 4.03. The predicted octanol–water partition coefficient (Wildman–Crippen LogP) is 2.34.